The average molecular weight is 356 g/mol. The molecule has 0 spiro atoms. The number of hydrogen-bond donors (Lipinski definition) is 1. The molecule has 1 aromatic rings. The van der Waals surface area contributed by atoms with Crippen LogP contribution in [0.25, 0.3) is 0 Å². The number of likely N-dealkylation sites (tertiary alicyclic amines) is 1. The molecule has 1 aliphatic heterocycles. The van der Waals surface area contributed by atoms with Gasteiger partial charge in [-0.1, -0.05) is 0 Å². The van der Waals surface area contributed by atoms with Gasteiger partial charge in [-0.15, -0.1) is 0 Å². The molecule has 2 amide bonds. The van der Waals surface area contributed by atoms with E-state index in [2.05, 4.69) is 5.32 Å². The minimum Gasteiger partial charge on any atom is -0.472 e. The molecule has 26 heavy (non-hydrogen) atoms. The van der Waals surface area contributed by atoms with Crippen LogP contribution in [0.5, 0.6) is 0 Å². The second-order valence-electron chi connectivity index (χ2n) is 9.01. The maximum absolute atomic E-state index is 12.8. The highest BCUT2D eigenvalue weighted by Crippen LogP contribution is 2.52. The van der Waals surface area contributed by atoms with Gasteiger partial charge in [0.05, 0.1) is 23.4 Å². The van der Waals surface area contributed by atoms with E-state index >= 15 is 0 Å². The summed E-state index contributed by atoms with van der Waals surface area (Å²) < 4.78 is 5.08. The van der Waals surface area contributed by atoms with Gasteiger partial charge < -0.3 is 14.6 Å². The van der Waals surface area contributed by atoms with Crippen LogP contribution in [-0.2, 0) is 4.79 Å². The van der Waals surface area contributed by atoms with E-state index in [0.29, 0.717) is 17.9 Å². The topological polar surface area (TPSA) is 62.6 Å². The van der Waals surface area contributed by atoms with E-state index in [1.165, 1.54) is 31.9 Å². The summed E-state index contributed by atoms with van der Waals surface area (Å²) in [5, 5.41) is 3.40. The first kappa shape index (κ1) is 16.4. The summed E-state index contributed by atoms with van der Waals surface area (Å²) in [5.41, 5.74) is 0.410. The summed E-state index contributed by atoms with van der Waals surface area (Å²) in [5.74, 6) is 2.70. The van der Waals surface area contributed by atoms with Crippen molar-refractivity contribution in [3.8, 4) is 0 Å². The molecule has 0 bridgehead atoms. The Morgan fingerprint density at radius 3 is 2.92 bits per heavy atom. The summed E-state index contributed by atoms with van der Waals surface area (Å²) in [4.78, 5) is 27.6. The van der Waals surface area contributed by atoms with Crippen molar-refractivity contribution in [1.29, 1.82) is 0 Å². The predicted octanol–water partition coefficient (Wildman–Crippen LogP) is 3.36. The van der Waals surface area contributed by atoms with Crippen LogP contribution in [0.1, 0.15) is 68.1 Å². The Kier molecular flexibility index (Phi) is 3.87. The van der Waals surface area contributed by atoms with Crippen molar-refractivity contribution in [3.05, 3.63) is 24.2 Å². The van der Waals surface area contributed by atoms with Gasteiger partial charge >= 0.3 is 0 Å². The van der Waals surface area contributed by atoms with Crippen molar-refractivity contribution in [2.45, 2.75) is 69.4 Å². The van der Waals surface area contributed by atoms with Crippen LogP contribution < -0.4 is 5.32 Å². The lowest BCUT2D eigenvalue weighted by atomic mass is 9.86. The first-order valence-corrected chi connectivity index (χ1v) is 10.3. The Labute approximate surface area is 154 Å². The Hall–Kier alpha value is -1.78. The van der Waals surface area contributed by atoms with Crippen molar-refractivity contribution in [2.24, 2.45) is 17.8 Å². The van der Waals surface area contributed by atoms with Crippen LogP contribution in [0.4, 0.5) is 0 Å². The molecular formula is C21H28N2O3. The largest absolute Gasteiger partial charge is 0.472 e. The first-order chi connectivity index (χ1) is 12.6. The van der Waals surface area contributed by atoms with Crippen LogP contribution in [0.15, 0.2) is 23.0 Å². The highest BCUT2D eigenvalue weighted by atomic mass is 16.3. The monoisotopic (exact) mass is 356 g/mol. The number of furan rings is 1. The molecule has 1 saturated heterocycles. The molecule has 5 atom stereocenters. The molecule has 5 rings (SSSR count). The van der Waals surface area contributed by atoms with Crippen LogP contribution in [-0.4, -0.2) is 34.8 Å². The minimum absolute atomic E-state index is 0.0360. The maximum Gasteiger partial charge on any atom is 0.257 e. The number of fused-ring (bicyclic) bond motifs is 2. The van der Waals surface area contributed by atoms with E-state index in [0.717, 1.165) is 44.1 Å². The third-order valence-corrected chi connectivity index (χ3v) is 7.46. The third-order valence-electron chi connectivity index (χ3n) is 7.46. The Morgan fingerprint density at radius 2 is 2.12 bits per heavy atom. The second-order valence-corrected chi connectivity index (χ2v) is 9.01. The minimum atomic E-state index is -0.201. The fourth-order valence-corrected chi connectivity index (χ4v) is 6.00. The highest BCUT2D eigenvalue weighted by molar-refractivity contribution is 5.94. The molecule has 5 unspecified atom stereocenters. The van der Waals surface area contributed by atoms with E-state index in [9.17, 15) is 9.59 Å². The molecule has 4 fully saturated rings. The summed E-state index contributed by atoms with van der Waals surface area (Å²) in [6, 6.07) is 1.86. The smallest absolute Gasteiger partial charge is 0.257 e. The number of carbonyl (C=O) groups is 2. The van der Waals surface area contributed by atoms with Gasteiger partial charge in [0.15, 0.2) is 0 Å². The van der Waals surface area contributed by atoms with Gasteiger partial charge in [0.2, 0.25) is 5.91 Å². The second kappa shape index (κ2) is 6.14. The number of nitrogens with one attached hydrogen (secondary N) is 1. The van der Waals surface area contributed by atoms with Crippen LogP contribution in [0, 0.1) is 17.8 Å². The van der Waals surface area contributed by atoms with Gasteiger partial charge in [0, 0.05) is 13.0 Å². The Balaban J connectivity index is 1.24. The van der Waals surface area contributed by atoms with E-state index in [1.54, 1.807) is 12.3 Å². The molecule has 5 heteroatoms. The van der Waals surface area contributed by atoms with Crippen LogP contribution in [0.2, 0.25) is 0 Å². The van der Waals surface area contributed by atoms with E-state index in [1.807, 2.05) is 4.90 Å². The molecule has 2 heterocycles. The van der Waals surface area contributed by atoms with Crippen molar-refractivity contribution >= 4 is 11.8 Å². The van der Waals surface area contributed by atoms with E-state index in [4.69, 9.17) is 4.42 Å². The number of rotatable bonds is 4. The SMILES string of the molecule is O=C(CC1CCC2CC2C1)NC12CCCC1N(C(=O)c1ccoc1)CC2. The van der Waals surface area contributed by atoms with Gasteiger partial charge in [-0.3, -0.25) is 9.59 Å². The van der Waals surface area contributed by atoms with Gasteiger partial charge in [-0.25, -0.2) is 0 Å². The zero-order valence-electron chi connectivity index (χ0n) is 15.3. The Morgan fingerprint density at radius 1 is 1.19 bits per heavy atom. The summed E-state index contributed by atoms with van der Waals surface area (Å²) in [6.45, 7) is 0.724. The molecule has 1 N–H and O–H groups in total. The van der Waals surface area contributed by atoms with E-state index in [-0.39, 0.29) is 23.4 Å². The van der Waals surface area contributed by atoms with Gasteiger partial charge in [0.25, 0.3) is 5.91 Å². The van der Waals surface area contributed by atoms with Crippen LogP contribution in [0.3, 0.4) is 0 Å². The number of nitrogens with zero attached hydrogens (tertiary/aromatic N) is 1. The predicted molar refractivity (Wildman–Crippen MR) is 96.4 cm³/mol. The maximum atomic E-state index is 12.8. The lowest BCUT2D eigenvalue weighted by Crippen LogP contribution is -2.54. The fraction of sp³-hybridized carbons (Fsp3) is 0.714. The zero-order valence-corrected chi connectivity index (χ0v) is 15.3. The first-order valence-electron chi connectivity index (χ1n) is 10.3. The molecule has 3 saturated carbocycles. The lowest BCUT2D eigenvalue weighted by Gasteiger charge is -2.34. The molecule has 5 nitrogen and oxygen atoms in total. The van der Waals surface area contributed by atoms with E-state index < -0.39 is 0 Å². The van der Waals surface area contributed by atoms with Crippen molar-refractivity contribution in [1.82, 2.24) is 10.2 Å². The van der Waals surface area contributed by atoms with Gasteiger partial charge in [0.1, 0.15) is 6.26 Å². The molecule has 1 aromatic heterocycles. The highest BCUT2D eigenvalue weighted by Gasteiger charge is 2.53. The number of hydrogen-bond acceptors (Lipinski definition) is 3. The lowest BCUT2D eigenvalue weighted by molar-refractivity contribution is -0.124. The molecule has 0 radical (unpaired) electrons. The fourth-order valence-electron chi connectivity index (χ4n) is 6.00. The molecule has 3 aliphatic carbocycles. The molecule has 140 valence electrons. The van der Waals surface area contributed by atoms with Crippen molar-refractivity contribution < 1.29 is 14.0 Å². The summed E-state index contributed by atoms with van der Waals surface area (Å²) in [6.07, 6.45) is 12.9. The van der Waals surface area contributed by atoms with Gasteiger partial charge in [-0.05, 0) is 75.2 Å². The van der Waals surface area contributed by atoms with Crippen molar-refractivity contribution in [2.75, 3.05) is 6.54 Å². The standard InChI is InChI=1S/C21H28N2O3/c24-19(11-14-3-4-15-12-17(15)10-14)22-21-6-1-2-18(21)23(8-7-21)20(25)16-5-9-26-13-16/h5,9,13-15,17-18H,1-4,6-8,10-12H2,(H,22,24). The Bertz CT molecular complexity index is 700. The zero-order chi connectivity index (χ0) is 17.7. The number of amides is 2. The van der Waals surface area contributed by atoms with Crippen molar-refractivity contribution in [3.63, 3.8) is 0 Å². The number of carbonyl (C=O) groups excluding carboxylic acids is 2. The normalized spacial score (nSPS) is 37.9. The molecule has 0 aromatic carbocycles. The average Bonchev–Trinajstić information content (AvgIpc) is 2.98. The molecule has 4 aliphatic rings. The molecular weight excluding hydrogens is 328 g/mol. The third kappa shape index (κ3) is 2.76. The summed E-state index contributed by atoms with van der Waals surface area (Å²) in [7, 11) is 0. The van der Waals surface area contributed by atoms with Gasteiger partial charge in [-0.2, -0.15) is 0 Å². The van der Waals surface area contributed by atoms with Crippen LogP contribution >= 0.6 is 0 Å². The summed E-state index contributed by atoms with van der Waals surface area (Å²) >= 11 is 0. The quantitative estimate of drug-likeness (QED) is 0.900.